The fourth-order valence-electron chi connectivity index (χ4n) is 10.6. The molecule has 0 radical (unpaired) electrons. The van der Waals surface area contributed by atoms with Crippen LogP contribution in [0.3, 0.4) is 0 Å². The van der Waals surface area contributed by atoms with Gasteiger partial charge in [0.25, 0.3) is 0 Å². The van der Waals surface area contributed by atoms with Crippen LogP contribution in [0.1, 0.15) is 153 Å². The van der Waals surface area contributed by atoms with Crippen LogP contribution in [0.25, 0.3) is 11.3 Å². The normalized spacial score (nSPS) is 22.4. The molecule has 434 valence electrons. The zero-order valence-corrected chi connectivity index (χ0v) is 51.4. The molecule has 0 amide bonds. The van der Waals surface area contributed by atoms with Gasteiger partial charge in [0, 0.05) is 18.7 Å². The molecule has 5 heterocycles. The first-order valence-corrected chi connectivity index (χ1v) is 29.8. The van der Waals surface area contributed by atoms with Crippen molar-refractivity contribution in [2.24, 2.45) is 34.5 Å². The van der Waals surface area contributed by atoms with E-state index >= 15 is 0 Å². The summed E-state index contributed by atoms with van der Waals surface area (Å²) in [7, 11) is -0.309. The smallest absolute Gasteiger partial charge is 0.490 e. The lowest BCUT2D eigenvalue weighted by atomic mass is 9.72. The molecule has 2 aromatic heterocycles. The lowest BCUT2D eigenvalue weighted by molar-refractivity contribution is -0.149. The van der Waals surface area contributed by atoms with Crippen molar-refractivity contribution in [3.8, 4) is 22.8 Å². The molecule has 9 rings (SSSR count). The van der Waals surface area contributed by atoms with Crippen molar-refractivity contribution >= 4 is 76.7 Å². The van der Waals surface area contributed by atoms with Crippen molar-refractivity contribution in [3.05, 3.63) is 81.5 Å². The maximum absolute atomic E-state index is 11.2. The maximum atomic E-state index is 11.2. The van der Waals surface area contributed by atoms with Crippen molar-refractivity contribution in [3.63, 3.8) is 0 Å². The second kappa shape index (κ2) is 28.8. The number of carboxylic acids is 1. The first-order valence-electron chi connectivity index (χ1n) is 28.3. The fraction of sp³-hybridized carbons (Fsp3) is 0.633. The average Bonchev–Trinajstić information content (AvgIpc) is 3.68. The van der Waals surface area contributed by atoms with E-state index in [-0.39, 0.29) is 57.6 Å². The highest BCUT2D eigenvalue weighted by Crippen LogP contribution is 2.42. The second-order valence-electron chi connectivity index (χ2n) is 24.6. The lowest BCUT2D eigenvalue weighted by Gasteiger charge is -2.37. The number of carbonyl (C=O) groups is 2. The fourth-order valence-corrected chi connectivity index (χ4v) is 11.4. The number of rotatable bonds is 10. The Morgan fingerprint density at radius 1 is 0.646 bits per heavy atom. The molecule has 0 spiro atoms. The number of nitrogens with one attached hydrogen (secondary N) is 1. The zero-order chi connectivity index (χ0) is 57.7. The topological polar surface area (TPSA) is 167 Å². The number of halogens is 4. The summed E-state index contributed by atoms with van der Waals surface area (Å²) in [5.41, 5.74) is 2.81. The van der Waals surface area contributed by atoms with Gasteiger partial charge in [-0.2, -0.15) is 0 Å². The third-order valence-electron chi connectivity index (χ3n) is 16.5. The van der Waals surface area contributed by atoms with E-state index in [1.54, 1.807) is 0 Å². The van der Waals surface area contributed by atoms with E-state index in [1.807, 2.05) is 31.2 Å². The van der Waals surface area contributed by atoms with Crippen LogP contribution in [0, 0.1) is 34.5 Å². The van der Waals surface area contributed by atoms with E-state index in [1.165, 1.54) is 38.3 Å². The monoisotopic (exact) mass is 1170 g/mol. The number of carbonyl (C=O) groups excluding carboxylic acids is 1. The standard InChI is InChI=1S/C26H34ClN3O3.C22H35BO3.C8H15NO2.C4HCl3N2/c1-26(2,3)19-6-10-21(11-7-19)33-20-8-4-17(5-9-20)23-22(27)24(29-16-28-23)30-14-12-18(13-15-30)25(31)32;1-20(2,3)16-8-12-18(13-9-16)24-19-14-10-17(11-15-19)23-25-21(4,5)22(6,7)26-23;1-2-11-8(10)7-3-5-9-6-4-7;5-2-3(6)8-1-9-4(2)7/h4-5,8-9,16,18-19,21H,6-7,10-15H2,1-3H3,(H,31,32);10-11,14-16,18H,8-9,12-13H2,1-7H3;7,9H,2-6H2,1H3;1H. The van der Waals surface area contributed by atoms with Crippen molar-refractivity contribution in [2.45, 2.75) is 177 Å². The van der Waals surface area contributed by atoms with Gasteiger partial charge in [-0.15, -0.1) is 0 Å². The molecule has 5 fully saturated rings. The summed E-state index contributed by atoms with van der Waals surface area (Å²) in [6.07, 6.45) is 15.9. The van der Waals surface area contributed by atoms with Gasteiger partial charge >= 0.3 is 19.1 Å². The average molecular weight is 1170 g/mol. The summed E-state index contributed by atoms with van der Waals surface area (Å²) in [5, 5.41) is 13.5. The predicted octanol–water partition coefficient (Wildman–Crippen LogP) is 14.0. The number of esters is 1. The Morgan fingerprint density at radius 2 is 1.10 bits per heavy atom. The van der Waals surface area contributed by atoms with E-state index in [0.29, 0.717) is 66.0 Å². The molecule has 4 aromatic rings. The number of ether oxygens (including phenoxy) is 3. The van der Waals surface area contributed by atoms with Crippen LogP contribution >= 0.6 is 46.4 Å². The summed E-state index contributed by atoms with van der Waals surface area (Å²) in [6, 6.07) is 16.2. The van der Waals surface area contributed by atoms with Gasteiger partial charge in [-0.05, 0) is 189 Å². The van der Waals surface area contributed by atoms with Gasteiger partial charge in [0.2, 0.25) is 0 Å². The molecule has 3 saturated heterocycles. The Labute approximate surface area is 490 Å². The van der Waals surface area contributed by atoms with Crippen LogP contribution in [0.15, 0.2) is 61.2 Å². The van der Waals surface area contributed by atoms with Crippen LogP contribution in [0.4, 0.5) is 5.82 Å². The Balaban J connectivity index is 0.000000192. The summed E-state index contributed by atoms with van der Waals surface area (Å²) in [4.78, 5) is 40.4. The molecule has 2 aromatic carbocycles. The maximum Gasteiger partial charge on any atom is 0.494 e. The molecule has 3 aliphatic heterocycles. The van der Waals surface area contributed by atoms with Crippen LogP contribution in [0.5, 0.6) is 11.5 Å². The molecular weight excluding hydrogens is 1090 g/mol. The number of aliphatic carboxylic acids is 1. The van der Waals surface area contributed by atoms with E-state index in [4.69, 9.17) is 69.9 Å². The summed E-state index contributed by atoms with van der Waals surface area (Å²) < 4.78 is 29.7. The minimum absolute atomic E-state index is 0.0194. The number of piperidine rings is 2. The third kappa shape index (κ3) is 18.5. The predicted molar refractivity (Wildman–Crippen MR) is 318 cm³/mol. The van der Waals surface area contributed by atoms with Crippen LogP contribution in [-0.2, 0) is 23.6 Å². The third-order valence-corrected chi connectivity index (χ3v) is 18.0. The van der Waals surface area contributed by atoms with Gasteiger partial charge in [-0.1, -0.05) is 100 Å². The molecule has 0 atom stereocenters. The summed E-state index contributed by atoms with van der Waals surface area (Å²) in [5.74, 6) is 3.18. The minimum Gasteiger partial charge on any atom is -0.490 e. The molecule has 2 N–H and O–H groups in total. The molecule has 19 heteroatoms. The van der Waals surface area contributed by atoms with Gasteiger partial charge in [0.1, 0.15) is 34.2 Å². The molecule has 5 aliphatic rings. The van der Waals surface area contributed by atoms with E-state index in [2.05, 4.69) is 124 Å². The second-order valence-corrected chi connectivity index (χ2v) is 26.1. The molecule has 2 aliphatic carbocycles. The number of nitrogens with zero attached hydrogens (tertiary/aromatic N) is 5. The minimum atomic E-state index is -0.728. The van der Waals surface area contributed by atoms with Crippen molar-refractivity contribution in [1.29, 1.82) is 0 Å². The van der Waals surface area contributed by atoms with Crippen LogP contribution in [-0.4, -0.2) is 100 Å². The van der Waals surface area contributed by atoms with Crippen molar-refractivity contribution in [2.75, 3.05) is 37.7 Å². The van der Waals surface area contributed by atoms with Gasteiger partial charge in [0.15, 0.2) is 16.1 Å². The van der Waals surface area contributed by atoms with Crippen LogP contribution in [0.2, 0.25) is 20.4 Å². The van der Waals surface area contributed by atoms with Crippen LogP contribution < -0.4 is 25.2 Å². The highest BCUT2D eigenvalue weighted by Gasteiger charge is 2.51. The van der Waals surface area contributed by atoms with Gasteiger partial charge in [-0.25, -0.2) is 19.9 Å². The highest BCUT2D eigenvalue weighted by molar-refractivity contribution is 6.62. The van der Waals surface area contributed by atoms with E-state index < -0.39 is 5.97 Å². The Morgan fingerprint density at radius 3 is 1.53 bits per heavy atom. The quantitative estimate of drug-likeness (QED) is 0.0874. The molecular formula is C60H85BCl4N6O8. The number of anilines is 1. The SMILES string of the molecule is CC(C)(C)C1CCC(Oc2ccc(-c3ncnc(N4CCC(C(=O)O)CC4)c3Cl)cc2)CC1.CC(C)(C)C1CCC(Oc2ccc(B3OC(C)(C)C(C)(C)O3)cc2)CC1.CCOC(=O)C1CCNCC1.Clc1ncnc(Cl)c1Cl. The number of aromatic nitrogens is 4. The molecule has 79 heavy (non-hydrogen) atoms. The Kier molecular flexibility index (Phi) is 23.4. The number of hydrogen-bond donors (Lipinski definition) is 2. The molecule has 0 bridgehead atoms. The Hall–Kier alpha value is -3.96. The first-order chi connectivity index (χ1) is 37.3. The highest BCUT2D eigenvalue weighted by atomic mass is 35.5. The first kappa shape index (κ1) is 64.2. The summed E-state index contributed by atoms with van der Waals surface area (Å²) >= 11 is 23.1. The Bertz CT molecular complexity index is 2520. The van der Waals surface area contributed by atoms with Crippen molar-refractivity contribution < 1.29 is 38.2 Å². The van der Waals surface area contributed by atoms with Crippen molar-refractivity contribution in [1.82, 2.24) is 25.3 Å². The van der Waals surface area contributed by atoms with Gasteiger partial charge in [-0.3, -0.25) is 9.59 Å². The number of hydrogen-bond acceptors (Lipinski definition) is 13. The zero-order valence-electron chi connectivity index (χ0n) is 48.4. The summed E-state index contributed by atoms with van der Waals surface area (Å²) in [6.45, 7) is 27.9. The molecule has 0 unspecified atom stereocenters. The number of carboxylic acid groups (broad SMARTS) is 1. The van der Waals surface area contributed by atoms with Gasteiger partial charge in [0.05, 0.1) is 47.5 Å². The lowest BCUT2D eigenvalue weighted by Crippen LogP contribution is -2.41. The van der Waals surface area contributed by atoms with E-state index in [0.717, 1.165) is 86.0 Å². The van der Waals surface area contributed by atoms with E-state index in [9.17, 15) is 14.7 Å². The molecule has 14 nitrogen and oxygen atoms in total. The van der Waals surface area contributed by atoms with Gasteiger partial charge < -0.3 is 38.8 Å². The largest absolute Gasteiger partial charge is 0.494 e. The number of benzene rings is 2. The molecule has 2 saturated carbocycles.